The second-order valence-corrected chi connectivity index (χ2v) is 5.27. The minimum atomic E-state index is 0.276. The topological polar surface area (TPSA) is 80.4 Å². The Morgan fingerprint density at radius 1 is 1.25 bits per heavy atom. The van der Waals surface area contributed by atoms with Crippen LogP contribution in [0.25, 0.3) is 0 Å². The number of anilines is 3. The Morgan fingerprint density at radius 2 is 1.95 bits per heavy atom. The minimum absolute atomic E-state index is 0.276. The summed E-state index contributed by atoms with van der Waals surface area (Å²) in [6.07, 6.45) is 2.36. The van der Waals surface area contributed by atoms with Crippen molar-refractivity contribution in [2.24, 2.45) is 0 Å². The number of methoxy groups -OCH3 is 1. The number of nitrogen functional groups attached to an aromatic ring is 1. The van der Waals surface area contributed by atoms with Crippen molar-refractivity contribution < 1.29 is 4.74 Å². The lowest BCUT2D eigenvalue weighted by molar-refractivity contribution is 0.203. The summed E-state index contributed by atoms with van der Waals surface area (Å²) >= 11 is 0. The molecule has 1 fully saturated rings. The van der Waals surface area contributed by atoms with Gasteiger partial charge in [-0.2, -0.15) is 15.0 Å². The first-order chi connectivity index (χ1) is 9.61. The molecule has 0 unspecified atom stereocenters. The van der Waals surface area contributed by atoms with Gasteiger partial charge in [0, 0.05) is 32.8 Å². The maximum absolute atomic E-state index is 5.85. The molecule has 0 aromatic carbocycles. The summed E-state index contributed by atoms with van der Waals surface area (Å²) in [5.41, 5.74) is 5.85. The molecule has 1 aliphatic rings. The number of aromatic nitrogens is 3. The van der Waals surface area contributed by atoms with Gasteiger partial charge < -0.3 is 20.3 Å². The summed E-state index contributed by atoms with van der Waals surface area (Å²) in [5, 5.41) is 0. The van der Waals surface area contributed by atoms with Crippen LogP contribution in [0.3, 0.4) is 0 Å². The van der Waals surface area contributed by atoms with Crippen LogP contribution >= 0.6 is 0 Å². The van der Waals surface area contributed by atoms with E-state index in [9.17, 15) is 0 Å². The quantitative estimate of drug-likeness (QED) is 0.829. The molecule has 7 heteroatoms. The zero-order chi connectivity index (χ0) is 14.5. The molecule has 1 aromatic rings. The van der Waals surface area contributed by atoms with Crippen LogP contribution in [0.4, 0.5) is 17.8 Å². The Morgan fingerprint density at radius 3 is 2.55 bits per heavy atom. The first kappa shape index (κ1) is 14.8. The highest BCUT2D eigenvalue weighted by atomic mass is 16.5. The Bertz CT molecular complexity index is 433. The lowest BCUT2D eigenvalue weighted by Crippen LogP contribution is -2.36. The minimum Gasteiger partial charge on any atom is -0.383 e. The van der Waals surface area contributed by atoms with E-state index in [1.165, 1.54) is 12.8 Å². The van der Waals surface area contributed by atoms with Crippen molar-refractivity contribution in [2.75, 3.05) is 48.9 Å². The lowest BCUT2D eigenvalue weighted by atomic mass is 10.3. The van der Waals surface area contributed by atoms with E-state index in [1.54, 1.807) is 7.11 Å². The Labute approximate surface area is 120 Å². The molecular formula is C13H24N6O. The molecule has 0 amide bonds. The Hall–Kier alpha value is -1.63. The van der Waals surface area contributed by atoms with Gasteiger partial charge in [0.2, 0.25) is 17.8 Å². The third-order valence-corrected chi connectivity index (χ3v) is 3.43. The number of nitrogens with two attached hydrogens (primary N) is 1. The summed E-state index contributed by atoms with van der Waals surface area (Å²) in [6, 6.07) is 0.276. The maximum Gasteiger partial charge on any atom is 0.232 e. The summed E-state index contributed by atoms with van der Waals surface area (Å²) in [4.78, 5) is 17.4. The van der Waals surface area contributed by atoms with Gasteiger partial charge in [0.15, 0.2) is 0 Å². The molecule has 0 saturated carbocycles. The molecule has 0 radical (unpaired) electrons. The fraction of sp³-hybridized carbons (Fsp3) is 0.769. The van der Waals surface area contributed by atoms with Crippen LogP contribution < -0.4 is 15.5 Å². The van der Waals surface area contributed by atoms with Crippen LogP contribution in [0, 0.1) is 0 Å². The van der Waals surface area contributed by atoms with Crippen molar-refractivity contribution in [1.82, 2.24) is 15.0 Å². The van der Waals surface area contributed by atoms with Crippen LogP contribution in [0.5, 0.6) is 0 Å². The normalized spacial score (nSPS) is 15.1. The highest BCUT2D eigenvalue weighted by Gasteiger charge is 2.20. The Balaban J connectivity index is 2.24. The van der Waals surface area contributed by atoms with Gasteiger partial charge in [-0.1, -0.05) is 0 Å². The van der Waals surface area contributed by atoms with Crippen molar-refractivity contribution in [3.63, 3.8) is 0 Å². The molecule has 7 nitrogen and oxygen atoms in total. The fourth-order valence-corrected chi connectivity index (χ4v) is 2.34. The van der Waals surface area contributed by atoms with Crippen molar-refractivity contribution in [2.45, 2.75) is 32.7 Å². The third-order valence-electron chi connectivity index (χ3n) is 3.43. The first-order valence-electron chi connectivity index (χ1n) is 7.14. The van der Waals surface area contributed by atoms with E-state index in [2.05, 4.69) is 38.6 Å². The largest absolute Gasteiger partial charge is 0.383 e. The molecule has 2 rings (SSSR count). The summed E-state index contributed by atoms with van der Waals surface area (Å²) < 4.78 is 5.15. The van der Waals surface area contributed by atoms with E-state index in [-0.39, 0.29) is 12.0 Å². The predicted octanol–water partition coefficient (Wildman–Crippen LogP) is 0.915. The zero-order valence-corrected chi connectivity index (χ0v) is 12.5. The van der Waals surface area contributed by atoms with Gasteiger partial charge in [0.05, 0.1) is 6.61 Å². The standard InChI is InChI=1S/C13H24N6O/c1-10(2)19(8-9-20-3)13-16-11(14)15-12(17-13)18-6-4-5-7-18/h10H,4-9H2,1-3H3,(H2,14,15,16,17). The van der Waals surface area contributed by atoms with Crippen molar-refractivity contribution in [1.29, 1.82) is 0 Å². The van der Waals surface area contributed by atoms with Crippen molar-refractivity contribution in [3.8, 4) is 0 Å². The van der Waals surface area contributed by atoms with Gasteiger partial charge in [-0.05, 0) is 26.7 Å². The van der Waals surface area contributed by atoms with E-state index in [1.807, 2.05) is 0 Å². The lowest BCUT2D eigenvalue weighted by Gasteiger charge is -2.27. The molecule has 0 atom stereocenters. The summed E-state index contributed by atoms with van der Waals surface area (Å²) in [6.45, 7) is 7.54. The van der Waals surface area contributed by atoms with Gasteiger partial charge in [-0.3, -0.25) is 0 Å². The van der Waals surface area contributed by atoms with Crippen LogP contribution in [-0.2, 0) is 4.74 Å². The van der Waals surface area contributed by atoms with E-state index in [4.69, 9.17) is 10.5 Å². The van der Waals surface area contributed by atoms with Gasteiger partial charge in [-0.25, -0.2) is 0 Å². The molecule has 1 aliphatic heterocycles. The zero-order valence-electron chi connectivity index (χ0n) is 12.5. The second-order valence-electron chi connectivity index (χ2n) is 5.27. The molecule has 2 heterocycles. The highest BCUT2D eigenvalue weighted by molar-refractivity contribution is 5.44. The van der Waals surface area contributed by atoms with Gasteiger partial charge in [-0.15, -0.1) is 0 Å². The van der Waals surface area contributed by atoms with E-state index in [0.29, 0.717) is 18.5 Å². The van der Waals surface area contributed by atoms with E-state index in [0.717, 1.165) is 19.6 Å². The van der Waals surface area contributed by atoms with Crippen LogP contribution in [-0.4, -0.2) is 54.3 Å². The number of hydrogen-bond acceptors (Lipinski definition) is 7. The fourth-order valence-electron chi connectivity index (χ4n) is 2.34. The van der Waals surface area contributed by atoms with Crippen molar-refractivity contribution in [3.05, 3.63) is 0 Å². The molecule has 0 spiro atoms. The predicted molar refractivity (Wildman–Crippen MR) is 80.0 cm³/mol. The highest BCUT2D eigenvalue weighted by Crippen LogP contribution is 2.20. The molecular weight excluding hydrogens is 256 g/mol. The monoisotopic (exact) mass is 280 g/mol. The van der Waals surface area contributed by atoms with Crippen LogP contribution in [0.1, 0.15) is 26.7 Å². The summed E-state index contributed by atoms with van der Waals surface area (Å²) in [7, 11) is 1.69. The number of rotatable bonds is 6. The van der Waals surface area contributed by atoms with Gasteiger partial charge in [0.1, 0.15) is 0 Å². The molecule has 112 valence electrons. The average molecular weight is 280 g/mol. The molecule has 1 aromatic heterocycles. The van der Waals surface area contributed by atoms with Gasteiger partial charge in [0.25, 0.3) is 0 Å². The van der Waals surface area contributed by atoms with Crippen molar-refractivity contribution >= 4 is 17.8 Å². The smallest absolute Gasteiger partial charge is 0.232 e. The third kappa shape index (κ3) is 3.47. The molecule has 1 saturated heterocycles. The number of hydrogen-bond donors (Lipinski definition) is 1. The SMILES string of the molecule is COCCN(c1nc(N)nc(N2CCCC2)n1)C(C)C. The Kier molecular flexibility index (Phi) is 4.94. The van der Waals surface area contributed by atoms with Crippen LogP contribution in [0.2, 0.25) is 0 Å². The maximum atomic E-state index is 5.85. The first-order valence-corrected chi connectivity index (χ1v) is 7.14. The van der Waals surface area contributed by atoms with Crippen LogP contribution in [0.15, 0.2) is 0 Å². The molecule has 0 aliphatic carbocycles. The summed E-state index contributed by atoms with van der Waals surface area (Å²) in [5.74, 6) is 1.60. The number of nitrogens with zero attached hydrogens (tertiary/aromatic N) is 5. The number of ether oxygens (including phenoxy) is 1. The average Bonchev–Trinajstić information content (AvgIpc) is 2.92. The molecule has 2 N–H and O–H groups in total. The molecule has 20 heavy (non-hydrogen) atoms. The van der Waals surface area contributed by atoms with Gasteiger partial charge >= 0.3 is 0 Å². The second kappa shape index (κ2) is 6.69. The molecule has 0 bridgehead atoms. The van der Waals surface area contributed by atoms with E-state index >= 15 is 0 Å². The van der Waals surface area contributed by atoms with E-state index < -0.39 is 0 Å².